The molecule has 0 aromatic carbocycles. The molecule has 0 radical (unpaired) electrons. The molecule has 2 atom stereocenters. The maximum Gasteiger partial charge on any atom is 0.232 e. The molecule has 4 heteroatoms. The lowest BCUT2D eigenvalue weighted by atomic mass is 9.95. The van der Waals surface area contributed by atoms with Crippen LogP contribution in [0.3, 0.4) is 0 Å². The van der Waals surface area contributed by atoms with Crippen LogP contribution in [-0.2, 0) is 4.79 Å². The van der Waals surface area contributed by atoms with E-state index in [1.165, 1.54) is 38.5 Å². The Morgan fingerprint density at radius 2 is 2.06 bits per heavy atom. The van der Waals surface area contributed by atoms with Crippen molar-refractivity contribution in [3.05, 3.63) is 0 Å². The van der Waals surface area contributed by atoms with E-state index in [9.17, 15) is 4.79 Å². The van der Waals surface area contributed by atoms with Crippen molar-refractivity contribution in [3.8, 4) is 0 Å². The molecule has 0 bridgehead atoms. The number of carbonyl (C=O) groups is 1. The molecule has 0 aromatic rings. The van der Waals surface area contributed by atoms with Crippen molar-refractivity contribution in [1.29, 1.82) is 0 Å². The van der Waals surface area contributed by atoms with Crippen molar-refractivity contribution in [3.63, 3.8) is 0 Å². The minimum atomic E-state index is 0.364. The maximum absolute atomic E-state index is 12.0. The molecule has 0 spiro atoms. The Bertz CT molecular complexity index is 265. The zero-order chi connectivity index (χ0) is 12.8. The molecule has 2 unspecified atom stereocenters. The van der Waals surface area contributed by atoms with E-state index < -0.39 is 0 Å². The lowest BCUT2D eigenvalue weighted by molar-refractivity contribution is -0.127. The van der Waals surface area contributed by atoms with Crippen LogP contribution in [0.1, 0.15) is 45.4 Å². The first-order valence-electron chi connectivity index (χ1n) is 7.42. The van der Waals surface area contributed by atoms with Crippen molar-refractivity contribution < 1.29 is 4.79 Å². The van der Waals surface area contributed by atoms with Crippen LogP contribution in [0, 0.1) is 0 Å². The van der Waals surface area contributed by atoms with Gasteiger partial charge in [-0.3, -0.25) is 4.79 Å². The van der Waals surface area contributed by atoms with E-state index in [2.05, 4.69) is 12.2 Å². The van der Waals surface area contributed by atoms with Gasteiger partial charge in [-0.1, -0.05) is 13.3 Å². The van der Waals surface area contributed by atoms with Gasteiger partial charge < -0.3 is 10.2 Å². The topological polar surface area (TPSA) is 32.3 Å². The van der Waals surface area contributed by atoms with Crippen LogP contribution in [0.5, 0.6) is 0 Å². The number of likely N-dealkylation sites (tertiary alicyclic amines) is 1. The highest BCUT2D eigenvalue weighted by Crippen LogP contribution is 2.29. The van der Waals surface area contributed by atoms with Crippen LogP contribution in [0.25, 0.3) is 0 Å². The van der Waals surface area contributed by atoms with Gasteiger partial charge in [0.15, 0.2) is 0 Å². The summed E-state index contributed by atoms with van der Waals surface area (Å²) < 4.78 is 0. The third kappa shape index (κ3) is 4.16. The summed E-state index contributed by atoms with van der Waals surface area (Å²) in [6.45, 7) is 5.22. The highest BCUT2D eigenvalue weighted by Gasteiger charge is 2.24. The molecule has 1 aliphatic carbocycles. The van der Waals surface area contributed by atoms with E-state index in [-0.39, 0.29) is 0 Å². The van der Waals surface area contributed by atoms with Crippen LogP contribution in [0.2, 0.25) is 0 Å². The zero-order valence-electron chi connectivity index (χ0n) is 11.5. The number of rotatable bonds is 5. The molecule has 1 heterocycles. The average molecular weight is 270 g/mol. The predicted molar refractivity (Wildman–Crippen MR) is 78.0 cm³/mol. The van der Waals surface area contributed by atoms with Crippen LogP contribution in [0.4, 0.5) is 0 Å². The molecule has 0 aromatic heterocycles. The lowest BCUT2D eigenvalue weighted by Crippen LogP contribution is -2.36. The van der Waals surface area contributed by atoms with E-state index in [0.29, 0.717) is 23.0 Å². The summed E-state index contributed by atoms with van der Waals surface area (Å²) >= 11 is 1.89. The van der Waals surface area contributed by atoms with Gasteiger partial charge in [0, 0.05) is 24.4 Å². The van der Waals surface area contributed by atoms with Gasteiger partial charge in [-0.05, 0) is 38.6 Å². The molecule has 104 valence electrons. The fourth-order valence-electron chi connectivity index (χ4n) is 3.02. The maximum atomic E-state index is 12.0. The predicted octanol–water partition coefficient (Wildman–Crippen LogP) is 2.26. The van der Waals surface area contributed by atoms with E-state index in [1.807, 2.05) is 16.7 Å². The summed E-state index contributed by atoms with van der Waals surface area (Å²) in [5.74, 6) is 1.06. The molecule has 1 saturated carbocycles. The molecular formula is C14H26N2OS. The summed E-state index contributed by atoms with van der Waals surface area (Å²) in [6, 6.07) is 0.683. The molecular weight excluding hydrogens is 244 g/mol. The van der Waals surface area contributed by atoms with Crippen molar-refractivity contribution in [2.45, 2.75) is 56.7 Å². The number of nitrogens with zero attached hydrogens (tertiary/aromatic N) is 1. The van der Waals surface area contributed by atoms with Gasteiger partial charge in [0.2, 0.25) is 5.91 Å². The Hall–Kier alpha value is -0.220. The first kappa shape index (κ1) is 14.2. The summed E-state index contributed by atoms with van der Waals surface area (Å²) in [5.41, 5.74) is 0. The molecule has 2 fully saturated rings. The van der Waals surface area contributed by atoms with Crippen molar-refractivity contribution in [1.82, 2.24) is 10.2 Å². The standard InChI is InChI=1S/C14H26N2OS/c1-2-15-12-6-5-7-13(10-12)18-11-14(17)16-8-3-4-9-16/h12-13,15H,2-11H2,1H3. The summed E-state index contributed by atoms with van der Waals surface area (Å²) in [6.07, 6.45) is 7.55. The van der Waals surface area contributed by atoms with Crippen LogP contribution in [0.15, 0.2) is 0 Å². The van der Waals surface area contributed by atoms with Gasteiger partial charge in [0.25, 0.3) is 0 Å². The third-order valence-corrected chi connectivity index (χ3v) is 5.33. The molecule has 18 heavy (non-hydrogen) atoms. The zero-order valence-corrected chi connectivity index (χ0v) is 12.3. The average Bonchev–Trinajstić information content (AvgIpc) is 2.91. The minimum Gasteiger partial charge on any atom is -0.342 e. The highest BCUT2D eigenvalue weighted by molar-refractivity contribution is 8.00. The molecule has 2 aliphatic rings. The summed E-state index contributed by atoms with van der Waals surface area (Å²) in [4.78, 5) is 14.0. The first-order valence-corrected chi connectivity index (χ1v) is 8.47. The van der Waals surface area contributed by atoms with Gasteiger partial charge in [-0.15, -0.1) is 11.8 Å². The highest BCUT2D eigenvalue weighted by atomic mass is 32.2. The number of carbonyl (C=O) groups excluding carboxylic acids is 1. The van der Waals surface area contributed by atoms with Crippen molar-refractivity contribution in [2.75, 3.05) is 25.4 Å². The summed E-state index contributed by atoms with van der Waals surface area (Å²) in [5, 5.41) is 4.24. The Labute approximate surface area is 115 Å². The largest absolute Gasteiger partial charge is 0.342 e. The normalized spacial score (nSPS) is 28.6. The van der Waals surface area contributed by atoms with Gasteiger partial charge in [0.1, 0.15) is 0 Å². The van der Waals surface area contributed by atoms with Crippen LogP contribution < -0.4 is 5.32 Å². The second kappa shape index (κ2) is 7.39. The minimum absolute atomic E-state index is 0.364. The number of nitrogens with one attached hydrogen (secondary N) is 1. The summed E-state index contributed by atoms with van der Waals surface area (Å²) in [7, 11) is 0. The quantitative estimate of drug-likeness (QED) is 0.832. The number of amides is 1. The Balaban J connectivity index is 1.67. The Kier molecular flexibility index (Phi) is 5.83. The number of hydrogen-bond donors (Lipinski definition) is 1. The Morgan fingerprint density at radius 1 is 1.28 bits per heavy atom. The molecule has 1 aliphatic heterocycles. The van der Waals surface area contributed by atoms with Gasteiger partial charge in [0.05, 0.1) is 5.75 Å². The van der Waals surface area contributed by atoms with E-state index in [0.717, 1.165) is 19.6 Å². The fourth-order valence-corrected chi connectivity index (χ4v) is 4.28. The number of thioether (sulfide) groups is 1. The van der Waals surface area contributed by atoms with Gasteiger partial charge in [-0.2, -0.15) is 0 Å². The van der Waals surface area contributed by atoms with E-state index >= 15 is 0 Å². The van der Waals surface area contributed by atoms with Gasteiger partial charge >= 0.3 is 0 Å². The molecule has 3 nitrogen and oxygen atoms in total. The van der Waals surface area contributed by atoms with Crippen molar-refractivity contribution in [2.24, 2.45) is 0 Å². The SMILES string of the molecule is CCNC1CCCC(SCC(=O)N2CCCC2)C1. The third-order valence-electron chi connectivity index (χ3n) is 4.02. The number of hydrogen-bond acceptors (Lipinski definition) is 3. The monoisotopic (exact) mass is 270 g/mol. The van der Waals surface area contributed by atoms with Gasteiger partial charge in [-0.25, -0.2) is 0 Å². The van der Waals surface area contributed by atoms with E-state index in [4.69, 9.17) is 0 Å². The first-order chi connectivity index (χ1) is 8.79. The van der Waals surface area contributed by atoms with Crippen molar-refractivity contribution >= 4 is 17.7 Å². The van der Waals surface area contributed by atoms with Crippen LogP contribution in [-0.4, -0.2) is 47.5 Å². The second-order valence-electron chi connectivity index (χ2n) is 5.44. The van der Waals surface area contributed by atoms with Crippen LogP contribution >= 0.6 is 11.8 Å². The lowest BCUT2D eigenvalue weighted by Gasteiger charge is -2.29. The fraction of sp³-hybridized carbons (Fsp3) is 0.929. The molecule has 1 amide bonds. The second-order valence-corrected chi connectivity index (χ2v) is 6.73. The smallest absolute Gasteiger partial charge is 0.232 e. The van der Waals surface area contributed by atoms with E-state index in [1.54, 1.807) is 0 Å². The Morgan fingerprint density at radius 3 is 2.78 bits per heavy atom. The molecule has 2 rings (SSSR count). The molecule has 1 saturated heterocycles. The molecule has 1 N–H and O–H groups in total.